The predicted octanol–water partition coefficient (Wildman–Crippen LogP) is 13.9. The molecule has 0 bridgehead atoms. The third kappa shape index (κ3) is 3.90. The molecule has 0 N–H and O–H groups in total. The van der Waals surface area contributed by atoms with Crippen LogP contribution >= 0.6 is 0 Å². The van der Waals surface area contributed by atoms with Crippen molar-refractivity contribution in [3.8, 4) is 33.4 Å². The lowest BCUT2D eigenvalue weighted by Crippen LogP contribution is -2.15. The molecule has 0 atom stereocenters. The van der Waals surface area contributed by atoms with Crippen LogP contribution in [0.25, 0.3) is 71.5 Å². The molecule has 2 aliphatic carbocycles. The van der Waals surface area contributed by atoms with Crippen LogP contribution in [0.5, 0.6) is 0 Å². The summed E-state index contributed by atoms with van der Waals surface area (Å²) in [6.07, 6.45) is 0.992. The lowest BCUT2D eigenvalue weighted by atomic mass is 9.82. The zero-order chi connectivity index (χ0) is 35.7. The van der Waals surface area contributed by atoms with E-state index in [-0.39, 0.29) is 5.41 Å². The van der Waals surface area contributed by atoms with Gasteiger partial charge < -0.3 is 9.30 Å². The first kappa shape index (κ1) is 29.9. The van der Waals surface area contributed by atoms with Gasteiger partial charge in [-0.3, -0.25) is 0 Å². The summed E-state index contributed by atoms with van der Waals surface area (Å²) < 4.78 is 2.52. The Labute approximate surface area is 314 Å². The summed E-state index contributed by atoms with van der Waals surface area (Å²) in [4.78, 5) is 2.49. The maximum atomic E-state index is 2.52. The van der Waals surface area contributed by atoms with Crippen molar-refractivity contribution in [1.82, 2.24) is 4.40 Å². The van der Waals surface area contributed by atoms with E-state index in [0.29, 0.717) is 0 Å². The van der Waals surface area contributed by atoms with Crippen LogP contribution in [0.4, 0.5) is 17.1 Å². The maximum absolute atomic E-state index is 2.52. The van der Waals surface area contributed by atoms with Gasteiger partial charge in [0.25, 0.3) is 0 Å². The summed E-state index contributed by atoms with van der Waals surface area (Å²) in [5.41, 5.74) is 20.7. The first-order valence-corrected chi connectivity index (χ1v) is 19.1. The maximum Gasteiger partial charge on any atom is 0.0782 e. The SMILES string of the molecule is CC1(C)c2ccccc2-c2cc(N(c3ccc(-c4cccc5c4-c4ccccc4C5)cc3)c3cccc4c5cccc6c7ccccc7n(c34)c65)ccc21. The van der Waals surface area contributed by atoms with Crippen molar-refractivity contribution in [1.29, 1.82) is 0 Å². The number of aromatic nitrogens is 1. The number of rotatable bonds is 4. The van der Waals surface area contributed by atoms with Crippen LogP contribution in [0.3, 0.4) is 0 Å². The molecule has 2 heteroatoms. The summed E-state index contributed by atoms with van der Waals surface area (Å²) in [7, 11) is 0. The van der Waals surface area contributed by atoms with Crippen molar-refractivity contribution in [3.63, 3.8) is 0 Å². The molecule has 0 unspecified atom stereocenters. The minimum atomic E-state index is -0.0587. The molecule has 2 nitrogen and oxygen atoms in total. The summed E-state index contributed by atoms with van der Waals surface area (Å²) in [6.45, 7) is 4.71. The van der Waals surface area contributed by atoms with Crippen molar-refractivity contribution in [3.05, 3.63) is 192 Å². The smallest absolute Gasteiger partial charge is 0.0782 e. The second kappa shape index (κ2) is 10.7. The average molecular weight is 689 g/mol. The van der Waals surface area contributed by atoms with Crippen molar-refractivity contribution < 1.29 is 0 Å². The summed E-state index contributed by atoms with van der Waals surface area (Å²) in [5.74, 6) is 0. The molecule has 10 aromatic rings. The van der Waals surface area contributed by atoms with E-state index in [4.69, 9.17) is 0 Å². The molecule has 254 valence electrons. The molecule has 2 heterocycles. The summed E-state index contributed by atoms with van der Waals surface area (Å²) >= 11 is 0. The van der Waals surface area contributed by atoms with Gasteiger partial charge in [-0.25, -0.2) is 0 Å². The molecule has 0 radical (unpaired) electrons. The van der Waals surface area contributed by atoms with Crippen molar-refractivity contribution in [2.75, 3.05) is 4.90 Å². The van der Waals surface area contributed by atoms with Crippen molar-refractivity contribution in [2.45, 2.75) is 25.7 Å². The predicted molar refractivity (Wildman–Crippen MR) is 227 cm³/mol. The molecule has 2 aliphatic rings. The van der Waals surface area contributed by atoms with Crippen LogP contribution in [0.1, 0.15) is 36.1 Å². The molecule has 54 heavy (non-hydrogen) atoms. The number of hydrogen-bond donors (Lipinski definition) is 0. The number of benzene rings is 8. The molecule has 8 aromatic carbocycles. The number of para-hydroxylation sites is 3. The van der Waals surface area contributed by atoms with E-state index in [0.717, 1.165) is 17.8 Å². The molecule has 2 aromatic heterocycles. The van der Waals surface area contributed by atoms with Crippen LogP contribution in [0.15, 0.2) is 170 Å². The minimum Gasteiger partial charge on any atom is -0.308 e. The largest absolute Gasteiger partial charge is 0.308 e. The van der Waals surface area contributed by atoms with Crippen LogP contribution < -0.4 is 4.90 Å². The number of nitrogens with zero attached hydrogens (tertiary/aromatic N) is 2. The van der Waals surface area contributed by atoms with E-state index < -0.39 is 0 Å². The van der Waals surface area contributed by atoms with Gasteiger partial charge in [0.05, 0.1) is 22.2 Å². The lowest BCUT2D eigenvalue weighted by molar-refractivity contribution is 0.660. The molecule has 12 rings (SSSR count). The monoisotopic (exact) mass is 688 g/mol. The number of hydrogen-bond acceptors (Lipinski definition) is 1. The van der Waals surface area contributed by atoms with Gasteiger partial charge in [0.2, 0.25) is 0 Å². The van der Waals surface area contributed by atoms with Gasteiger partial charge in [0.15, 0.2) is 0 Å². The Morgan fingerprint density at radius 1 is 0.463 bits per heavy atom. The third-order valence-electron chi connectivity index (χ3n) is 12.5. The lowest BCUT2D eigenvalue weighted by Gasteiger charge is -2.28. The Balaban J connectivity index is 1.11. The fourth-order valence-corrected chi connectivity index (χ4v) is 10.1. The van der Waals surface area contributed by atoms with Gasteiger partial charge in [0, 0.05) is 38.3 Å². The Bertz CT molecular complexity index is 3160. The normalized spacial score (nSPS) is 13.8. The number of anilines is 3. The zero-order valence-corrected chi connectivity index (χ0v) is 30.3. The third-order valence-corrected chi connectivity index (χ3v) is 12.5. The van der Waals surface area contributed by atoms with Crippen LogP contribution in [0.2, 0.25) is 0 Å². The van der Waals surface area contributed by atoms with E-state index in [2.05, 4.69) is 193 Å². The van der Waals surface area contributed by atoms with E-state index in [9.17, 15) is 0 Å². The van der Waals surface area contributed by atoms with Crippen LogP contribution in [0, 0.1) is 0 Å². The molecule has 0 saturated carbocycles. The standard InChI is InChI=1S/C52H36N2/c1-52(2)45-21-7-5-15-39(45)44-31-36(28-29-46(44)52)53(35-26-24-32(25-27-35)37-17-9-13-34-30-33-12-3-4-14-38(33)49(34)37)48-23-11-20-43-42-19-10-18-41-40-16-6-8-22-47(40)54(50(41)42)51(43)48/h3-29,31H,30H2,1-2H3. The Morgan fingerprint density at radius 3 is 1.94 bits per heavy atom. The van der Waals surface area contributed by atoms with E-state index in [1.165, 1.54) is 99.4 Å². The van der Waals surface area contributed by atoms with Gasteiger partial charge in [-0.05, 0) is 98.5 Å². The van der Waals surface area contributed by atoms with Gasteiger partial charge in [0.1, 0.15) is 0 Å². The Hall–Kier alpha value is -6.64. The topological polar surface area (TPSA) is 7.65 Å². The molecule has 0 amide bonds. The Morgan fingerprint density at radius 2 is 1.07 bits per heavy atom. The molecular weight excluding hydrogens is 653 g/mol. The fourth-order valence-electron chi connectivity index (χ4n) is 10.1. The van der Waals surface area contributed by atoms with Crippen LogP contribution in [-0.4, -0.2) is 4.40 Å². The number of fused-ring (bicyclic) bond motifs is 12. The molecule has 0 saturated heterocycles. The minimum absolute atomic E-state index is 0.0587. The van der Waals surface area contributed by atoms with Crippen molar-refractivity contribution in [2.24, 2.45) is 0 Å². The highest BCUT2D eigenvalue weighted by atomic mass is 15.2. The molecule has 0 aliphatic heterocycles. The molecule has 0 fully saturated rings. The van der Waals surface area contributed by atoms with Gasteiger partial charge in [-0.15, -0.1) is 0 Å². The first-order chi connectivity index (χ1) is 26.6. The first-order valence-electron chi connectivity index (χ1n) is 19.1. The fraction of sp³-hybridized carbons (Fsp3) is 0.0769. The second-order valence-electron chi connectivity index (χ2n) is 15.7. The van der Waals surface area contributed by atoms with E-state index in [1.807, 2.05) is 0 Å². The molecular formula is C52H36N2. The van der Waals surface area contributed by atoms with Gasteiger partial charge in [-0.2, -0.15) is 0 Å². The highest BCUT2D eigenvalue weighted by Crippen LogP contribution is 2.52. The summed E-state index contributed by atoms with van der Waals surface area (Å²) in [6, 6.07) is 63.6. The zero-order valence-electron chi connectivity index (χ0n) is 30.3. The van der Waals surface area contributed by atoms with Crippen LogP contribution in [-0.2, 0) is 11.8 Å². The van der Waals surface area contributed by atoms with Crippen molar-refractivity contribution >= 4 is 55.2 Å². The van der Waals surface area contributed by atoms with Gasteiger partial charge >= 0.3 is 0 Å². The highest BCUT2D eigenvalue weighted by molar-refractivity contribution is 6.25. The Kier molecular flexibility index (Phi) is 5.93. The highest BCUT2D eigenvalue weighted by Gasteiger charge is 2.36. The molecule has 0 spiro atoms. The summed E-state index contributed by atoms with van der Waals surface area (Å²) in [5, 5.41) is 5.15. The second-order valence-corrected chi connectivity index (χ2v) is 15.7. The van der Waals surface area contributed by atoms with E-state index in [1.54, 1.807) is 0 Å². The van der Waals surface area contributed by atoms with Gasteiger partial charge in [-0.1, -0.05) is 147 Å². The quantitative estimate of drug-likeness (QED) is 0.179. The average Bonchev–Trinajstić information content (AvgIpc) is 3.93. The van der Waals surface area contributed by atoms with E-state index >= 15 is 0 Å².